The van der Waals surface area contributed by atoms with Gasteiger partial charge in [-0.3, -0.25) is 0 Å². The molecule has 1 aliphatic rings. The van der Waals surface area contributed by atoms with Gasteiger partial charge < -0.3 is 5.73 Å². The van der Waals surface area contributed by atoms with Gasteiger partial charge in [0.05, 0.1) is 4.90 Å². The standard InChI is InChI=1S/C14H20BrFN2O2S.ClH/c15-12-8-11(16)6-7-14(12)21(19,20)18-13(9-17)10-4-2-1-3-5-10;/h6-8,10,13,18H,1-5,9,17H2;1H. The van der Waals surface area contributed by atoms with Crippen LogP contribution in [0.25, 0.3) is 0 Å². The number of rotatable bonds is 5. The fraction of sp³-hybridized carbons (Fsp3) is 0.571. The van der Waals surface area contributed by atoms with Gasteiger partial charge in [-0.15, -0.1) is 12.4 Å². The minimum absolute atomic E-state index is 0. The number of halogens is 3. The molecule has 1 fully saturated rings. The molecule has 1 aromatic carbocycles. The zero-order chi connectivity index (χ0) is 15.5. The maximum atomic E-state index is 13.1. The molecular formula is C14H21BrClFN2O2S. The van der Waals surface area contributed by atoms with Gasteiger partial charge in [0, 0.05) is 17.1 Å². The summed E-state index contributed by atoms with van der Waals surface area (Å²) in [6, 6.07) is 3.27. The molecular weight excluding hydrogens is 395 g/mol. The van der Waals surface area contributed by atoms with E-state index in [9.17, 15) is 12.8 Å². The van der Waals surface area contributed by atoms with Crippen molar-refractivity contribution in [1.29, 1.82) is 0 Å². The summed E-state index contributed by atoms with van der Waals surface area (Å²) in [5.41, 5.74) is 5.75. The Labute approximate surface area is 145 Å². The number of nitrogens with one attached hydrogen (secondary N) is 1. The molecule has 1 unspecified atom stereocenters. The van der Waals surface area contributed by atoms with E-state index in [0.717, 1.165) is 37.8 Å². The second kappa shape index (κ2) is 8.59. The number of sulfonamides is 1. The van der Waals surface area contributed by atoms with Crippen molar-refractivity contribution >= 4 is 38.4 Å². The van der Waals surface area contributed by atoms with Crippen LogP contribution in [0.15, 0.2) is 27.6 Å². The third-order valence-corrected chi connectivity index (χ3v) is 6.43. The van der Waals surface area contributed by atoms with Crippen LogP contribution in [-0.4, -0.2) is 21.0 Å². The van der Waals surface area contributed by atoms with Crippen molar-refractivity contribution in [3.05, 3.63) is 28.5 Å². The lowest BCUT2D eigenvalue weighted by Gasteiger charge is -2.30. The minimum Gasteiger partial charge on any atom is -0.329 e. The van der Waals surface area contributed by atoms with E-state index < -0.39 is 15.8 Å². The Kier molecular flexibility index (Phi) is 7.74. The Balaban J connectivity index is 0.00000242. The van der Waals surface area contributed by atoms with E-state index in [1.54, 1.807) is 0 Å². The van der Waals surface area contributed by atoms with Crippen LogP contribution in [0.1, 0.15) is 32.1 Å². The zero-order valence-electron chi connectivity index (χ0n) is 12.1. The molecule has 1 saturated carbocycles. The number of nitrogens with two attached hydrogens (primary N) is 1. The SMILES string of the molecule is Cl.NCC(NS(=O)(=O)c1ccc(F)cc1Br)C1CCCCC1. The summed E-state index contributed by atoms with van der Waals surface area (Å²) in [5, 5.41) is 0. The summed E-state index contributed by atoms with van der Waals surface area (Å²) in [6.07, 6.45) is 5.42. The van der Waals surface area contributed by atoms with Crippen LogP contribution < -0.4 is 10.5 Å². The highest BCUT2D eigenvalue weighted by molar-refractivity contribution is 9.10. The second-order valence-corrected chi connectivity index (χ2v) is 7.97. The van der Waals surface area contributed by atoms with Crippen molar-refractivity contribution in [2.45, 2.75) is 43.0 Å². The van der Waals surface area contributed by atoms with Crippen molar-refractivity contribution in [1.82, 2.24) is 4.72 Å². The normalized spacial score (nSPS) is 17.8. The maximum Gasteiger partial charge on any atom is 0.241 e. The van der Waals surface area contributed by atoms with Gasteiger partial charge in [-0.25, -0.2) is 17.5 Å². The average Bonchev–Trinajstić information content (AvgIpc) is 2.45. The summed E-state index contributed by atoms with van der Waals surface area (Å²) in [4.78, 5) is 0.0400. The summed E-state index contributed by atoms with van der Waals surface area (Å²) >= 11 is 3.10. The first-order valence-electron chi connectivity index (χ1n) is 7.11. The van der Waals surface area contributed by atoms with Crippen LogP contribution >= 0.6 is 28.3 Å². The molecule has 22 heavy (non-hydrogen) atoms. The van der Waals surface area contributed by atoms with Crippen LogP contribution in [0, 0.1) is 11.7 Å². The van der Waals surface area contributed by atoms with Crippen molar-refractivity contribution < 1.29 is 12.8 Å². The summed E-state index contributed by atoms with van der Waals surface area (Å²) in [6.45, 7) is 0.267. The molecule has 1 atom stereocenters. The Morgan fingerprint density at radius 2 is 1.95 bits per heavy atom. The van der Waals surface area contributed by atoms with E-state index in [4.69, 9.17) is 5.73 Å². The Morgan fingerprint density at radius 3 is 2.50 bits per heavy atom. The van der Waals surface area contributed by atoms with E-state index in [1.807, 2.05) is 0 Å². The molecule has 1 aliphatic carbocycles. The molecule has 0 heterocycles. The van der Waals surface area contributed by atoms with Gasteiger partial charge in [-0.2, -0.15) is 0 Å². The molecule has 8 heteroatoms. The molecule has 0 aliphatic heterocycles. The molecule has 126 valence electrons. The molecule has 0 spiro atoms. The van der Waals surface area contributed by atoms with Gasteiger partial charge in [0.15, 0.2) is 0 Å². The Morgan fingerprint density at radius 1 is 1.32 bits per heavy atom. The lowest BCUT2D eigenvalue weighted by molar-refractivity contribution is 0.294. The predicted octanol–water partition coefficient (Wildman–Crippen LogP) is 3.20. The molecule has 1 aromatic rings. The Bertz CT molecular complexity index is 595. The van der Waals surface area contributed by atoms with Gasteiger partial charge in [-0.05, 0) is 52.9 Å². The topological polar surface area (TPSA) is 72.2 Å². The molecule has 0 aromatic heterocycles. The summed E-state index contributed by atoms with van der Waals surface area (Å²) in [5.74, 6) is -0.207. The van der Waals surface area contributed by atoms with Gasteiger partial charge >= 0.3 is 0 Å². The molecule has 0 amide bonds. The van der Waals surface area contributed by atoms with Crippen molar-refractivity contribution in [3.8, 4) is 0 Å². The molecule has 0 bridgehead atoms. The van der Waals surface area contributed by atoms with E-state index in [-0.39, 0.29) is 40.3 Å². The van der Waals surface area contributed by atoms with Crippen LogP contribution in [0.3, 0.4) is 0 Å². The largest absolute Gasteiger partial charge is 0.329 e. The first-order valence-corrected chi connectivity index (χ1v) is 9.39. The number of benzene rings is 1. The fourth-order valence-corrected chi connectivity index (χ4v) is 5.20. The average molecular weight is 416 g/mol. The van der Waals surface area contributed by atoms with E-state index in [1.165, 1.54) is 12.5 Å². The van der Waals surface area contributed by atoms with Gasteiger partial charge in [0.1, 0.15) is 5.82 Å². The quantitative estimate of drug-likeness (QED) is 0.775. The molecule has 2 rings (SSSR count). The third kappa shape index (κ3) is 4.89. The summed E-state index contributed by atoms with van der Waals surface area (Å²) in [7, 11) is -3.71. The molecule has 4 nitrogen and oxygen atoms in total. The van der Waals surface area contributed by atoms with Crippen molar-refractivity contribution in [2.24, 2.45) is 11.7 Å². The zero-order valence-corrected chi connectivity index (χ0v) is 15.3. The monoisotopic (exact) mass is 414 g/mol. The van der Waals surface area contributed by atoms with Crippen LogP contribution in [-0.2, 0) is 10.0 Å². The lowest BCUT2D eigenvalue weighted by atomic mass is 9.84. The van der Waals surface area contributed by atoms with E-state index in [2.05, 4.69) is 20.7 Å². The highest BCUT2D eigenvalue weighted by Gasteiger charge is 2.28. The van der Waals surface area contributed by atoms with E-state index >= 15 is 0 Å². The number of hydrogen-bond acceptors (Lipinski definition) is 3. The predicted molar refractivity (Wildman–Crippen MR) is 91.1 cm³/mol. The summed E-state index contributed by atoms with van der Waals surface area (Å²) < 4.78 is 40.9. The highest BCUT2D eigenvalue weighted by Crippen LogP contribution is 2.28. The van der Waals surface area contributed by atoms with E-state index in [0.29, 0.717) is 0 Å². The smallest absolute Gasteiger partial charge is 0.241 e. The van der Waals surface area contributed by atoms with Crippen LogP contribution in [0.2, 0.25) is 0 Å². The minimum atomic E-state index is -3.71. The molecule has 0 saturated heterocycles. The van der Waals surface area contributed by atoms with Gasteiger partial charge in [-0.1, -0.05) is 19.3 Å². The fourth-order valence-electron chi connectivity index (χ4n) is 2.83. The maximum absolute atomic E-state index is 13.1. The third-order valence-electron chi connectivity index (χ3n) is 3.96. The number of hydrogen-bond donors (Lipinski definition) is 2. The van der Waals surface area contributed by atoms with Gasteiger partial charge in [0.25, 0.3) is 0 Å². The highest BCUT2D eigenvalue weighted by atomic mass is 79.9. The van der Waals surface area contributed by atoms with Crippen LogP contribution in [0.5, 0.6) is 0 Å². The van der Waals surface area contributed by atoms with Crippen molar-refractivity contribution in [2.75, 3.05) is 6.54 Å². The Hall–Kier alpha value is -0.210. The van der Waals surface area contributed by atoms with Crippen molar-refractivity contribution in [3.63, 3.8) is 0 Å². The van der Waals surface area contributed by atoms with Crippen LogP contribution in [0.4, 0.5) is 4.39 Å². The lowest BCUT2D eigenvalue weighted by Crippen LogP contribution is -2.45. The first kappa shape index (κ1) is 19.8. The molecule has 3 N–H and O–H groups in total. The second-order valence-electron chi connectivity index (χ2n) is 5.44. The first-order chi connectivity index (χ1) is 9.94. The van der Waals surface area contributed by atoms with Gasteiger partial charge in [0.2, 0.25) is 10.0 Å². The molecule has 0 radical (unpaired) electrons.